The fourth-order valence-electron chi connectivity index (χ4n) is 2.54. The Kier molecular flexibility index (Phi) is 6.51. The van der Waals surface area contributed by atoms with Crippen molar-refractivity contribution in [1.82, 2.24) is 10.7 Å². The van der Waals surface area contributed by atoms with Crippen molar-refractivity contribution in [3.05, 3.63) is 47.5 Å². The first-order valence-electron chi connectivity index (χ1n) is 8.91. The van der Waals surface area contributed by atoms with E-state index in [1.165, 1.54) is 13.3 Å². The van der Waals surface area contributed by atoms with E-state index in [0.29, 0.717) is 40.7 Å². The van der Waals surface area contributed by atoms with Crippen LogP contribution in [0.3, 0.4) is 0 Å². The number of benzene rings is 2. The van der Waals surface area contributed by atoms with Crippen LogP contribution in [0.1, 0.15) is 22.8 Å². The van der Waals surface area contributed by atoms with Crippen LogP contribution >= 0.6 is 0 Å². The second-order valence-corrected chi connectivity index (χ2v) is 5.92. The van der Waals surface area contributed by atoms with Gasteiger partial charge in [-0.2, -0.15) is 5.10 Å². The fraction of sp³-hybridized carbons (Fsp3) is 0.250. The standard InChI is InChI=1S/C20H21N3O6/c1-3-21-19(24)11-27-15-6-4-13(8-17(15)26-2)10-22-23-20(25)14-5-7-16-18(9-14)29-12-28-16/h4-10H,3,11-12H2,1-2H3,(H,21,24)(H,23,25)/b22-10-. The highest BCUT2D eigenvalue weighted by atomic mass is 16.7. The van der Waals surface area contributed by atoms with Crippen LogP contribution in [0.2, 0.25) is 0 Å². The molecule has 1 aliphatic heterocycles. The normalized spacial score (nSPS) is 11.9. The number of ether oxygens (including phenoxy) is 4. The molecule has 0 aromatic heterocycles. The average Bonchev–Trinajstić information content (AvgIpc) is 3.20. The molecule has 2 amide bonds. The first-order valence-corrected chi connectivity index (χ1v) is 8.91. The lowest BCUT2D eigenvalue weighted by Crippen LogP contribution is -2.28. The van der Waals surface area contributed by atoms with Crippen LogP contribution in [0.5, 0.6) is 23.0 Å². The maximum Gasteiger partial charge on any atom is 0.271 e. The van der Waals surface area contributed by atoms with Gasteiger partial charge in [-0.15, -0.1) is 0 Å². The summed E-state index contributed by atoms with van der Waals surface area (Å²) in [6.07, 6.45) is 1.47. The van der Waals surface area contributed by atoms with E-state index in [2.05, 4.69) is 15.8 Å². The van der Waals surface area contributed by atoms with Gasteiger partial charge < -0.3 is 24.3 Å². The topological polar surface area (TPSA) is 107 Å². The smallest absolute Gasteiger partial charge is 0.271 e. The molecule has 9 nitrogen and oxygen atoms in total. The lowest BCUT2D eigenvalue weighted by atomic mass is 10.2. The number of hydrogen-bond acceptors (Lipinski definition) is 7. The predicted molar refractivity (Wildman–Crippen MR) is 105 cm³/mol. The van der Waals surface area contributed by atoms with Crippen LogP contribution in [-0.4, -0.2) is 45.1 Å². The molecule has 2 aromatic rings. The van der Waals surface area contributed by atoms with E-state index in [1.54, 1.807) is 36.4 Å². The fourth-order valence-corrected chi connectivity index (χ4v) is 2.54. The Morgan fingerprint density at radius 3 is 2.76 bits per heavy atom. The third-order valence-corrected chi connectivity index (χ3v) is 3.93. The number of likely N-dealkylation sites (N-methyl/N-ethyl adjacent to an activating group) is 1. The van der Waals surface area contributed by atoms with Gasteiger partial charge in [-0.3, -0.25) is 9.59 Å². The van der Waals surface area contributed by atoms with E-state index in [9.17, 15) is 9.59 Å². The van der Waals surface area contributed by atoms with Gasteiger partial charge in [0.1, 0.15) is 0 Å². The average molecular weight is 399 g/mol. The van der Waals surface area contributed by atoms with Crippen molar-refractivity contribution in [3.8, 4) is 23.0 Å². The molecule has 0 saturated carbocycles. The van der Waals surface area contributed by atoms with Crippen molar-refractivity contribution in [2.24, 2.45) is 5.10 Å². The zero-order chi connectivity index (χ0) is 20.6. The first kappa shape index (κ1) is 20.0. The molecule has 2 N–H and O–H groups in total. The highest BCUT2D eigenvalue weighted by Gasteiger charge is 2.16. The summed E-state index contributed by atoms with van der Waals surface area (Å²) in [5.74, 6) is 1.40. The van der Waals surface area contributed by atoms with Gasteiger partial charge in [-0.05, 0) is 48.9 Å². The minimum atomic E-state index is -0.381. The summed E-state index contributed by atoms with van der Waals surface area (Å²) in [5, 5.41) is 6.61. The lowest BCUT2D eigenvalue weighted by Gasteiger charge is -2.11. The van der Waals surface area contributed by atoms with Gasteiger partial charge >= 0.3 is 0 Å². The van der Waals surface area contributed by atoms with Crippen LogP contribution < -0.4 is 29.7 Å². The van der Waals surface area contributed by atoms with Crippen LogP contribution in [-0.2, 0) is 4.79 Å². The Morgan fingerprint density at radius 1 is 1.14 bits per heavy atom. The number of nitrogens with one attached hydrogen (secondary N) is 2. The highest BCUT2D eigenvalue weighted by Crippen LogP contribution is 2.32. The Balaban J connectivity index is 1.60. The van der Waals surface area contributed by atoms with Gasteiger partial charge in [0, 0.05) is 12.1 Å². The molecule has 9 heteroatoms. The summed E-state index contributed by atoms with van der Waals surface area (Å²) in [6.45, 7) is 2.40. The van der Waals surface area contributed by atoms with Gasteiger partial charge in [-0.25, -0.2) is 5.43 Å². The molecule has 29 heavy (non-hydrogen) atoms. The number of carbonyl (C=O) groups is 2. The number of fused-ring (bicyclic) bond motifs is 1. The summed E-state index contributed by atoms with van der Waals surface area (Å²) in [7, 11) is 1.50. The van der Waals surface area contributed by atoms with E-state index in [1.807, 2.05) is 6.92 Å². The van der Waals surface area contributed by atoms with Crippen molar-refractivity contribution >= 4 is 18.0 Å². The Morgan fingerprint density at radius 2 is 1.97 bits per heavy atom. The van der Waals surface area contributed by atoms with E-state index >= 15 is 0 Å². The van der Waals surface area contributed by atoms with E-state index < -0.39 is 0 Å². The highest BCUT2D eigenvalue weighted by molar-refractivity contribution is 5.95. The van der Waals surface area contributed by atoms with Crippen LogP contribution in [0, 0.1) is 0 Å². The number of rotatable bonds is 8. The molecule has 0 fully saturated rings. The summed E-state index contributed by atoms with van der Waals surface area (Å²) in [5.41, 5.74) is 3.53. The molecule has 2 aromatic carbocycles. The number of methoxy groups -OCH3 is 1. The van der Waals surface area contributed by atoms with E-state index in [4.69, 9.17) is 18.9 Å². The minimum Gasteiger partial charge on any atom is -0.493 e. The van der Waals surface area contributed by atoms with Crippen LogP contribution in [0.15, 0.2) is 41.5 Å². The maximum absolute atomic E-state index is 12.2. The molecule has 3 rings (SSSR count). The van der Waals surface area contributed by atoms with E-state index in [0.717, 1.165) is 0 Å². The summed E-state index contributed by atoms with van der Waals surface area (Å²) in [6, 6.07) is 9.97. The van der Waals surface area contributed by atoms with Crippen LogP contribution in [0.4, 0.5) is 0 Å². The third kappa shape index (κ3) is 5.16. The molecular weight excluding hydrogens is 378 g/mol. The quantitative estimate of drug-likeness (QED) is 0.517. The van der Waals surface area contributed by atoms with Gasteiger partial charge in [0.25, 0.3) is 11.8 Å². The number of nitrogens with zero attached hydrogens (tertiary/aromatic N) is 1. The second-order valence-electron chi connectivity index (χ2n) is 5.92. The molecule has 0 radical (unpaired) electrons. The van der Waals surface area contributed by atoms with Crippen molar-refractivity contribution < 1.29 is 28.5 Å². The Bertz CT molecular complexity index is 928. The maximum atomic E-state index is 12.2. The van der Waals surface area contributed by atoms with Gasteiger partial charge in [0.15, 0.2) is 29.6 Å². The molecule has 152 valence electrons. The lowest BCUT2D eigenvalue weighted by molar-refractivity contribution is -0.123. The minimum absolute atomic E-state index is 0.108. The monoisotopic (exact) mass is 399 g/mol. The molecule has 0 spiro atoms. The second kappa shape index (κ2) is 9.45. The Hall–Kier alpha value is -3.75. The van der Waals surface area contributed by atoms with Gasteiger partial charge in [-0.1, -0.05) is 0 Å². The molecule has 1 heterocycles. The van der Waals surface area contributed by atoms with Crippen molar-refractivity contribution in [1.29, 1.82) is 0 Å². The third-order valence-electron chi connectivity index (χ3n) is 3.93. The zero-order valence-electron chi connectivity index (χ0n) is 16.1. The summed E-state index contributed by atoms with van der Waals surface area (Å²) >= 11 is 0. The van der Waals surface area contributed by atoms with Gasteiger partial charge in [0.2, 0.25) is 6.79 Å². The predicted octanol–water partition coefficient (Wildman–Crippen LogP) is 1.70. The number of hydrogen-bond donors (Lipinski definition) is 2. The number of carbonyl (C=O) groups excluding carboxylic acids is 2. The number of amides is 2. The molecule has 0 atom stereocenters. The summed E-state index contributed by atoms with van der Waals surface area (Å²) < 4.78 is 21.2. The largest absolute Gasteiger partial charge is 0.493 e. The van der Waals surface area contributed by atoms with Gasteiger partial charge in [0.05, 0.1) is 13.3 Å². The van der Waals surface area contributed by atoms with Crippen molar-refractivity contribution in [3.63, 3.8) is 0 Å². The molecule has 0 unspecified atom stereocenters. The Labute approximate surface area is 167 Å². The van der Waals surface area contributed by atoms with Crippen molar-refractivity contribution in [2.75, 3.05) is 27.1 Å². The molecule has 0 aliphatic carbocycles. The van der Waals surface area contributed by atoms with Crippen molar-refractivity contribution in [2.45, 2.75) is 6.92 Å². The molecular formula is C20H21N3O6. The molecule has 0 bridgehead atoms. The first-order chi connectivity index (χ1) is 14.1. The molecule has 1 aliphatic rings. The number of hydrazone groups is 1. The SMILES string of the molecule is CCNC(=O)COc1ccc(/C=N\NC(=O)c2ccc3c(c2)OCO3)cc1OC. The van der Waals surface area contributed by atoms with Crippen LogP contribution in [0.25, 0.3) is 0 Å². The molecule has 0 saturated heterocycles. The van der Waals surface area contributed by atoms with E-state index in [-0.39, 0.29) is 25.2 Å². The zero-order valence-corrected chi connectivity index (χ0v) is 16.1. The summed E-state index contributed by atoms with van der Waals surface area (Å²) in [4.78, 5) is 23.7.